The van der Waals surface area contributed by atoms with Gasteiger partial charge in [0.05, 0.1) is 4.90 Å². The second-order valence-electron chi connectivity index (χ2n) is 6.02. The Hall–Kier alpha value is -2.12. The number of anilines is 1. The van der Waals surface area contributed by atoms with Crippen molar-refractivity contribution in [1.82, 2.24) is 4.57 Å². The number of aryl methyl sites for hydroxylation is 1. The Labute approximate surface area is 161 Å². The first kappa shape index (κ1) is 18.7. The van der Waals surface area contributed by atoms with E-state index in [0.29, 0.717) is 11.1 Å². The maximum absolute atomic E-state index is 12.8. The van der Waals surface area contributed by atoms with Crippen molar-refractivity contribution in [2.24, 2.45) is 0 Å². The van der Waals surface area contributed by atoms with Crippen LogP contribution in [0.15, 0.2) is 64.1 Å². The first-order chi connectivity index (χ1) is 12.4. The number of carbonyl (C=O) groups excluding carboxylic acids is 1. The number of sulfone groups is 1. The Balaban J connectivity index is 1.87. The SMILES string of the molecule is CCCn1cc(S(=O)(=O)CC(=O)Nc2ccc(Br)cc2)c2ccccc21. The molecule has 2 aromatic carbocycles. The molecule has 1 heterocycles. The lowest BCUT2D eigenvalue weighted by atomic mass is 10.2. The van der Waals surface area contributed by atoms with Gasteiger partial charge in [0.1, 0.15) is 5.75 Å². The van der Waals surface area contributed by atoms with Gasteiger partial charge in [0.15, 0.2) is 9.84 Å². The zero-order chi connectivity index (χ0) is 18.7. The quantitative estimate of drug-likeness (QED) is 0.630. The summed E-state index contributed by atoms with van der Waals surface area (Å²) in [6, 6.07) is 14.3. The van der Waals surface area contributed by atoms with E-state index in [9.17, 15) is 13.2 Å². The van der Waals surface area contributed by atoms with E-state index in [4.69, 9.17) is 0 Å². The molecule has 0 aliphatic carbocycles. The van der Waals surface area contributed by atoms with Gasteiger partial charge in [-0.05, 0) is 36.8 Å². The van der Waals surface area contributed by atoms with E-state index in [0.717, 1.165) is 23.0 Å². The lowest BCUT2D eigenvalue weighted by molar-refractivity contribution is -0.113. The summed E-state index contributed by atoms with van der Waals surface area (Å²) in [5.41, 5.74) is 1.42. The minimum absolute atomic E-state index is 0.201. The second kappa shape index (κ2) is 7.63. The van der Waals surface area contributed by atoms with Crippen LogP contribution in [0.25, 0.3) is 10.9 Å². The van der Waals surface area contributed by atoms with Crippen molar-refractivity contribution in [3.05, 3.63) is 59.2 Å². The molecule has 7 heteroatoms. The van der Waals surface area contributed by atoms with Gasteiger partial charge in [0.2, 0.25) is 5.91 Å². The molecule has 0 unspecified atom stereocenters. The number of aromatic nitrogens is 1. The number of carbonyl (C=O) groups is 1. The highest BCUT2D eigenvalue weighted by Crippen LogP contribution is 2.26. The highest BCUT2D eigenvalue weighted by molar-refractivity contribution is 9.10. The third-order valence-corrected chi connectivity index (χ3v) is 6.17. The average molecular weight is 435 g/mol. The van der Waals surface area contributed by atoms with Crippen molar-refractivity contribution in [3.63, 3.8) is 0 Å². The monoisotopic (exact) mass is 434 g/mol. The van der Waals surface area contributed by atoms with Gasteiger partial charge in [-0.15, -0.1) is 0 Å². The van der Waals surface area contributed by atoms with Crippen LogP contribution in [0.5, 0.6) is 0 Å². The summed E-state index contributed by atoms with van der Waals surface area (Å²) in [5.74, 6) is -1.15. The third-order valence-electron chi connectivity index (χ3n) is 4.00. The Morgan fingerprint density at radius 1 is 1.12 bits per heavy atom. The Bertz CT molecular complexity index is 1040. The van der Waals surface area contributed by atoms with Gasteiger partial charge in [0, 0.05) is 33.8 Å². The standard InChI is InChI=1S/C19H19BrN2O3S/c1-2-11-22-12-18(16-5-3-4-6-17(16)22)26(24,25)13-19(23)21-15-9-7-14(20)8-10-15/h3-10,12H,2,11,13H2,1H3,(H,21,23). The predicted octanol–water partition coefficient (Wildman–Crippen LogP) is 4.23. The van der Waals surface area contributed by atoms with Crippen LogP contribution in [0.1, 0.15) is 13.3 Å². The highest BCUT2D eigenvalue weighted by Gasteiger charge is 2.24. The first-order valence-electron chi connectivity index (χ1n) is 8.27. The summed E-state index contributed by atoms with van der Waals surface area (Å²) in [7, 11) is -3.75. The van der Waals surface area contributed by atoms with Crippen LogP contribution in [0.4, 0.5) is 5.69 Å². The van der Waals surface area contributed by atoms with E-state index < -0.39 is 21.5 Å². The largest absolute Gasteiger partial charge is 0.346 e. The molecule has 0 radical (unpaired) electrons. The lowest BCUT2D eigenvalue weighted by Crippen LogP contribution is -2.22. The smallest absolute Gasteiger partial charge is 0.239 e. The van der Waals surface area contributed by atoms with Crippen molar-refractivity contribution in [2.45, 2.75) is 24.8 Å². The van der Waals surface area contributed by atoms with Crippen molar-refractivity contribution in [1.29, 1.82) is 0 Å². The maximum Gasteiger partial charge on any atom is 0.239 e. The number of halogens is 1. The molecule has 0 atom stereocenters. The van der Waals surface area contributed by atoms with E-state index in [1.165, 1.54) is 0 Å². The summed E-state index contributed by atoms with van der Waals surface area (Å²) in [4.78, 5) is 12.4. The molecule has 1 amide bonds. The molecule has 1 N–H and O–H groups in total. The van der Waals surface area contributed by atoms with Crippen molar-refractivity contribution >= 4 is 48.3 Å². The number of para-hydroxylation sites is 1. The molecule has 0 saturated heterocycles. The van der Waals surface area contributed by atoms with E-state index >= 15 is 0 Å². The van der Waals surface area contributed by atoms with Gasteiger partial charge < -0.3 is 9.88 Å². The summed E-state index contributed by atoms with van der Waals surface area (Å²) < 4.78 is 28.5. The molecule has 0 saturated carbocycles. The fraction of sp³-hybridized carbons (Fsp3) is 0.211. The van der Waals surface area contributed by atoms with E-state index in [1.54, 1.807) is 42.6 Å². The summed E-state index contributed by atoms with van der Waals surface area (Å²) in [6.45, 7) is 2.76. The number of rotatable bonds is 6. The van der Waals surface area contributed by atoms with E-state index in [-0.39, 0.29) is 4.90 Å². The third kappa shape index (κ3) is 3.99. The minimum Gasteiger partial charge on any atom is -0.346 e. The number of fused-ring (bicyclic) bond motifs is 1. The molecule has 3 aromatic rings. The highest BCUT2D eigenvalue weighted by atomic mass is 79.9. The van der Waals surface area contributed by atoms with Gasteiger partial charge in [-0.2, -0.15) is 0 Å². The molecule has 0 aliphatic rings. The average Bonchev–Trinajstić information content (AvgIpc) is 2.97. The van der Waals surface area contributed by atoms with Crippen LogP contribution in [0.2, 0.25) is 0 Å². The van der Waals surface area contributed by atoms with Crippen LogP contribution in [-0.4, -0.2) is 24.6 Å². The predicted molar refractivity (Wildman–Crippen MR) is 107 cm³/mol. The molecule has 3 rings (SSSR count). The van der Waals surface area contributed by atoms with Crippen LogP contribution in [0.3, 0.4) is 0 Å². The van der Waals surface area contributed by atoms with Crippen LogP contribution < -0.4 is 5.32 Å². The molecule has 0 bridgehead atoms. The van der Waals surface area contributed by atoms with Crippen molar-refractivity contribution in [2.75, 3.05) is 11.1 Å². The Morgan fingerprint density at radius 3 is 2.50 bits per heavy atom. The topological polar surface area (TPSA) is 68.2 Å². The van der Waals surface area contributed by atoms with Gasteiger partial charge in [-0.3, -0.25) is 4.79 Å². The molecule has 26 heavy (non-hydrogen) atoms. The zero-order valence-corrected chi connectivity index (χ0v) is 16.7. The van der Waals surface area contributed by atoms with Crippen molar-refractivity contribution < 1.29 is 13.2 Å². The minimum atomic E-state index is -3.75. The number of amides is 1. The fourth-order valence-electron chi connectivity index (χ4n) is 2.87. The molecule has 0 spiro atoms. The fourth-order valence-corrected chi connectivity index (χ4v) is 4.50. The van der Waals surface area contributed by atoms with E-state index in [2.05, 4.69) is 21.2 Å². The van der Waals surface area contributed by atoms with Crippen LogP contribution in [-0.2, 0) is 21.2 Å². The molecule has 136 valence electrons. The lowest BCUT2D eigenvalue weighted by Gasteiger charge is -2.06. The molecule has 5 nitrogen and oxygen atoms in total. The molecular formula is C19H19BrN2O3S. The van der Waals surface area contributed by atoms with Gasteiger partial charge in [-0.1, -0.05) is 41.1 Å². The molecule has 1 aromatic heterocycles. The molecule has 0 fully saturated rings. The second-order valence-corrected chi connectivity index (χ2v) is 8.89. The number of nitrogens with zero attached hydrogens (tertiary/aromatic N) is 1. The number of hydrogen-bond donors (Lipinski definition) is 1. The zero-order valence-electron chi connectivity index (χ0n) is 14.3. The summed E-state index contributed by atoms with van der Waals surface area (Å²) >= 11 is 3.32. The van der Waals surface area contributed by atoms with Gasteiger partial charge in [-0.25, -0.2) is 8.42 Å². The number of nitrogens with one attached hydrogen (secondary N) is 1. The Kier molecular flexibility index (Phi) is 5.48. The van der Waals surface area contributed by atoms with Gasteiger partial charge in [0.25, 0.3) is 0 Å². The maximum atomic E-state index is 12.8. The van der Waals surface area contributed by atoms with Crippen molar-refractivity contribution in [3.8, 4) is 0 Å². The summed E-state index contributed by atoms with van der Waals surface area (Å²) in [6.07, 6.45) is 2.53. The number of benzene rings is 2. The molecule has 0 aliphatic heterocycles. The van der Waals surface area contributed by atoms with Crippen LogP contribution in [0, 0.1) is 0 Å². The van der Waals surface area contributed by atoms with Crippen LogP contribution >= 0.6 is 15.9 Å². The number of hydrogen-bond acceptors (Lipinski definition) is 3. The first-order valence-corrected chi connectivity index (χ1v) is 10.7. The molecular weight excluding hydrogens is 416 g/mol. The summed E-state index contributed by atoms with van der Waals surface area (Å²) in [5, 5.41) is 3.28. The van der Waals surface area contributed by atoms with Gasteiger partial charge >= 0.3 is 0 Å². The Morgan fingerprint density at radius 2 is 1.81 bits per heavy atom. The normalized spacial score (nSPS) is 11.6. The van der Waals surface area contributed by atoms with E-state index in [1.807, 2.05) is 23.6 Å².